The van der Waals surface area contributed by atoms with E-state index in [1.165, 1.54) is 4.90 Å². The van der Waals surface area contributed by atoms with Crippen LogP contribution in [-0.2, 0) is 6.54 Å². The van der Waals surface area contributed by atoms with Gasteiger partial charge in [0.05, 0.1) is 7.11 Å². The summed E-state index contributed by atoms with van der Waals surface area (Å²) in [6, 6.07) is 14.0. The molecule has 0 saturated carbocycles. The van der Waals surface area contributed by atoms with Crippen molar-refractivity contribution in [2.75, 3.05) is 26.0 Å². The van der Waals surface area contributed by atoms with E-state index in [9.17, 15) is 0 Å². The van der Waals surface area contributed by atoms with Crippen molar-refractivity contribution >= 4 is 47.3 Å². The highest BCUT2D eigenvalue weighted by Crippen LogP contribution is 2.29. The van der Waals surface area contributed by atoms with Crippen LogP contribution in [0.15, 0.2) is 58.5 Å². The van der Waals surface area contributed by atoms with Gasteiger partial charge < -0.3 is 15.4 Å². The summed E-state index contributed by atoms with van der Waals surface area (Å²) in [5, 5.41) is 15.1. The first-order valence-corrected chi connectivity index (χ1v) is 10.8. The zero-order chi connectivity index (χ0) is 20.5. The molecule has 2 heterocycles. The first kappa shape index (κ1) is 24.3. The van der Waals surface area contributed by atoms with Crippen molar-refractivity contribution in [1.82, 2.24) is 25.2 Å². The van der Waals surface area contributed by atoms with Crippen molar-refractivity contribution in [3.8, 4) is 5.75 Å². The summed E-state index contributed by atoms with van der Waals surface area (Å²) < 4.78 is 7.38. The normalized spacial score (nSPS) is 12.3. The van der Waals surface area contributed by atoms with Crippen LogP contribution in [0.3, 0.4) is 0 Å². The Bertz CT molecular complexity index is 948. The first-order chi connectivity index (χ1) is 14.2. The lowest BCUT2D eigenvalue weighted by molar-refractivity contribution is 0.405. The van der Waals surface area contributed by atoms with Crippen molar-refractivity contribution in [2.24, 2.45) is 10.9 Å². The summed E-state index contributed by atoms with van der Waals surface area (Å²) in [5.74, 6) is 3.98. The SMILES string of the molecule is CCNC(=NCc1nnc2ccccn12)NCC(C)CSc1ccccc1OC.I. The summed E-state index contributed by atoms with van der Waals surface area (Å²) in [4.78, 5) is 5.84. The fourth-order valence-electron chi connectivity index (χ4n) is 2.79. The van der Waals surface area contributed by atoms with Crippen molar-refractivity contribution in [3.63, 3.8) is 0 Å². The lowest BCUT2D eigenvalue weighted by Gasteiger charge is -2.16. The quantitative estimate of drug-likeness (QED) is 0.186. The molecule has 0 radical (unpaired) electrons. The van der Waals surface area contributed by atoms with E-state index in [1.54, 1.807) is 7.11 Å². The number of benzene rings is 1. The summed E-state index contributed by atoms with van der Waals surface area (Å²) in [6.45, 7) is 6.38. The number of aromatic nitrogens is 3. The van der Waals surface area contributed by atoms with Gasteiger partial charge in [-0.15, -0.1) is 45.9 Å². The number of aliphatic imine (C=N–C) groups is 1. The predicted octanol–water partition coefficient (Wildman–Crippen LogP) is 3.84. The molecule has 7 nitrogen and oxygen atoms in total. The van der Waals surface area contributed by atoms with Crippen LogP contribution in [0.25, 0.3) is 5.65 Å². The van der Waals surface area contributed by atoms with Crippen molar-refractivity contribution < 1.29 is 4.74 Å². The standard InChI is InChI=1S/C21H28N6OS.HI/c1-4-22-21(24-14-20-26-25-19-11-7-8-12-27(19)20)23-13-16(2)15-29-18-10-6-5-9-17(18)28-3;/h5-12,16H,4,13-15H2,1-3H3,(H2,22,23,24);1H. The Kier molecular flexibility index (Phi) is 10.2. The monoisotopic (exact) mass is 540 g/mol. The fourth-order valence-corrected chi connectivity index (χ4v) is 3.84. The van der Waals surface area contributed by atoms with Gasteiger partial charge in [-0.2, -0.15) is 0 Å². The number of hydrogen-bond acceptors (Lipinski definition) is 5. The van der Waals surface area contributed by atoms with Gasteiger partial charge in [0, 0.05) is 29.9 Å². The molecule has 9 heteroatoms. The third kappa shape index (κ3) is 6.76. The molecule has 0 bridgehead atoms. The number of thioether (sulfide) groups is 1. The van der Waals surface area contributed by atoms with Gasteiger partial charge in [0.15, 0.2) is 17.4 Å². The molecule has 0 aliphatic heterocycles. The molecule has 2 aromatic heterocycles. The first-order valence-electron chi connectivity index (χ1n) is 9.78. The molecule has 162 valence electrons. The average molecular weight is 540 g/mol. The van der Waals surface area contributed by atoms with E-state index in [0.29, 0.717) is 12.5 Å². The molecule has 1 aromatic carbocycles. The van der Waals surface area contributed by atoms with Gasteiger partial charge in [0.25, 0.3) is 0 Å². The minimum absolute atomic E-state index is 0. The Morgan fingerprint density at radius 2 is 1.97 bits per heavy atom. The maximum Gasteiger partial charge on any atom is 0.191 e. The summed E-state index contributed by atoms with van der Waals surface area (Å²) >= 11 is 1.81. The molecule has 0 aliphatic carbocycles. The minimum atomic E-state index is 0. The van der Waals surface area contributed by atoms with E-state index in [1.807, 2.05) is 58.8 Å². The van der Waals surface area contributed by atoms with Gasteiger partial charge in [-0.1, -0.05) is 25.1 Å². The Morgan fingerprint density at radius 3 is 2.77 bits per heavy atom. The highest BCUT2D eigenvalue weighted by atomic mass is 127. The summed E-state index contributed by atoms with van der Waals surface area (Å²) in [7, 11) is 1.71. The summed E-state index contributed by atoms with van der Waals surface area (Å²) in [5.41, 5.74) is 0.831. The molecule has 1 unspecified atom stereocenters. The predicted molar refractivity (Wildman–Crippen MR) is 134 cm³/mol. The van der Waals surface area contributed by atoms with E-state index in [4.69, 9.17) is 4.74 Å². The van der Waals surface area contributed by atoms with E-state index < -0.39 is 0 Å². The Labute approximate surface area is 199 Å². The van der Waals surface area contributed by atoms with E-state index in [0.717, 1.165) is 42.0 Å². The van der Waals surface area contributed by atoms with Crippen LogP contribution in [-0.4, -0.2) is 46.5 Å². The zero-order valence-electron chi connectivity index (χ0n) is 17.5. The van der Waals surface area contributed by atoms with Crippen LogP contribution in [0.4, 0.5) is 0 Å². The van der Waals surface area contributed by atoms with Crippen LogP contribution in [0.1, 0.15) is 19.7 Å². The van der Waals surface area contributed by atoms with Gasteiger partial charge in [0.2, 0.25) is 0 Å². The molecular weight excluding hydrogens is 511 g/mol. The maximum absolute atomic E-state index is 5.43. The van der Waals surface area contributed by atoms with Gasteiger partial charge in [-0.3, -0.25) is 4.40 Å². The van der Waals surface area contributed by atoms with Crippen LogP contribution in [0.5, 0.6) is 5.75 Å². The number of halogens is 1. The number of nitrogens with zero attached hydrogens (tertiary/aromatic N) is 4. The molecular formula is C21H29IN6OS. The number of methoxy groups -OCH3 is 1. The molecule has 2 N–H and O–H groups in total. The Balaban J connectivity index is 0.00000320. The molecule has 0 saturated heterocycles. The lowest BCUT2D eigenvalue weighted by atomic mass is 10.2. The molecule has 30 heavy (non-hydrogen) atoms. The van der Waals surface area contributed by atoms with E-state index in [-0.39, 0.29) is 24.0 Å². The molecule has 3 aromatic rings. The van der Waals surface area contributed by atoms with E-state index >= 15 is 0 Å². The van der Waals surface area contributed by atoms with Crippen LogP contribution in [0.2, 0.25) is 0 Å². The smallest absolute Gasteiger partial charge is 0.191 e. The van der Waals surface area contributed by atoms with Crippen LogP contribution in [0, 0.1) is 5.92 Å². The topological polar surface area (TPSA) is 75.8 Å². The third-order valence-electron chi connectivity index (χ3n) is 4.32. The zero-order valence-corrected chi connectivity index (χ0v) is 20.7. The average Bonchev–Trinajstić information content (AvgIpc) is 3.17. The van der Waals surface area contributed by atoms with Gasteiger partial charge >= 0.3 is 0 Å². The lowest BCUT2D eigenvalue weighted by Crippen LogP contribution is -2.39. The number of para-hydroxylation sites is 1. The summed E-state index contributed by atoms with van der Waals surface area (Å²) in [6.07, 6.45) is 1.96. The second kappa shape index (κ2) is 12.6. The third-order valence-corrected chi connectivity index (χ3v) is 5.70. The minimum Gasteiger partial charge on any atom is -0.496 e. The highest BCUT2D eigenvalue weighted by Gasteiger charge is 2.09. The molecule has 3 rings (SSSR count). The number of pyridine rings is 1. The Morgan fingerprint density at radius 1 is 1.17 bits per heavy atom. The number of rotatable bonds is 9. The van der Waals surface area contributed by atoms with Gasteiger partial charge in [-0.05, 0) is 37.1 Å². The number of fused-ring (bicyclic) bond motifs is 1. The van der Waals surface area contributed by atoms with Crippen LogP contribution < -0.4 is 15.4 Å². The number of nitrogens with one attached hydrogen (secondary N) is 2. The maximum atomic E-state index is 5.43. The largest absolute Gasteiger partial charge is 0.496 e. The Hall–Kier alpha value is -2.01. The van der Waals surface area contributed by atoms with Crippen molar-refractivity contribution in [1.29, 1.82) is 0 Å². The highest BCUT2D eigenvalue weighted by molar-refractivity contribution is 14.0. The van der Waals surface area contributed by atoms with Gasteiger partial charge in [-0.25, -0.2) is 4.99 Å². The van der Waals surface area contributed by atoms with E-state index in [2.05, 4.69) is 45.7 Å². The van der Waals surface area contributed by atoms with Crippen molar-refractivity contribution in [3.05, 3.63) is 54.5 Å². The fraction of sp³-hybridized carbons (Fsp3) is 0.381. The van der Waals surface area contributed by atoms with Crippen molar-refractivity contribution in [2.45, 2.75) is 25.3 Å². The molecule has 0 aliphatic rings. The second-order valence-corrected chi connectivity index (χ2v) is 7.75. The molecule has 0 amide bonds. The molecule has 0 fully saturated rings. The van der Waals surface area contributed by atoms with Crippen LogP contribution >= 0.6 is 35.7 Å². The molecule has 1 atom stereocenters. The number of hydrogen-bond donors (Lipinski definition) is 2. The van der Waals surface area contributed by atoms with Gasteiger partial charge in [0.1, 0.15) is 12.3 Å². The number of ether oxygens (including phenoxy) is 1. The molecule has 0 spiro atoms. The second-order valence-electron chi connectivity index (χ2n) is 6.69. The number of guanidine groups is 1.